The second-order valence-electron chi connectivity index (χ2n) is 13.8. The highest BCUT2D eigenvalue weighted by atomic mass is 16.4. The van der Waals surface area contributed by atoms with E-state index in [1.165, 1.54) is 0 Å². The first-order valence-electron chi connectivity index (χ1n) is 13.6. The van der Waals surface area contributed by atoms with Crippen LogP contribution in [0.2, 0.25) is 0 Å². The molecule has 0 aliphatic carbocycles. The fourth-order valence-corrected chi connectivity index (χ4v) is 8.31. The summed E-state index contributed by atoms with van der Waals surface area (Å²) in [6.45, 7) is 26.9. The molecular formula is C30H50N2O4-2. The van der Waals surface area contributed by atoms with E-state index in [0.717, 1.165) is 13.1 Å². The Kier molecular flexibility index (Phi) is 9.00. The van der Waals surface area contributed by atoms with Crippen LogP contribution in [0.25, 0.3) is 0 Å². The Bertz CT molecular complexity index is 756. The maximum atomic E-state index is 13.4. The average Bonchev–Trinajstić information content (AvgIpc) is 2.69. The largest absolute Gasteiger partial charge is 0.550 e. The van der Waals surface area contributed by atoms with Gasteiger partial charge in [-0.3, -0.25) is 9.80 Å². The van der Waals surface area contributed by atoms with E-state index in [-0.39, 0.29) is 46.8 Å². The summed E-state index contributed by atoms with van der Waals surface area (Å²) in [5, 5.41) is 24.8. The first-order chi connectivity index (χ1) is 16.4. The van der Waals surface area contributed by atoms with Crippen molar-refractivity contribution < 1.29 is 19.8 Å². The molecule has 6 heteroatoms. The van der Waals surface area contributed by atoms with Crippen molar-refractivity contribution in [3.8, 4) is 0 Å². The molecule has 36 heavy (non-hydrogen) atoms. The van der Waals surface area contributed by atoms with Gasteiger partial charge in [-0.05, 0) is 112 Å². The predicted molar refractivity (Wildman–Crippen MR) is 142 cm³/mol. The predicted octanol–water partition coefficient (Wildman–Crippen LogP) is 3.55. The van der Waals surface area contributed by atoms with Crippen molar-refractivity contribution in [1.29, 1.82) is 0 Å². The minimum Gasteiger partial charge on any atom is -0.550 e. The van der Waals surface area contributed by atoms with Crippen LogP contribution >= 0.6 is 0 Å². The van der Waals surface area contributed by atoms with Crippen molar-refractivity contribution in [1.82, 2.24) is 9.80 Å². The van der Waals surface area contributed by atoms with Gasteiger partial charge in [-0.25, -0.2) is 0 Å². The lowest BCUT2D eigenvalue weighted by Crippen LogP contribution is -2.68. The second kappa shape index (κ2) is 10.6. The summed E-state index contributed by atoms with van der Waals surface area (Å²) in [6, 6.07) is 0. The number of carbonyl (C=O) groups excluding carboxylic acids is 2. The molecule has 0 saturated carbocycles. The number of likely N-dealkylation sites (tertiary alicyclic amines) is 2. The van der Waals surface area contributed by atoms with Gasteiger partial charge in [-0.1, -0.05) is 12.2 Å². The fourth-order valence-electron chi connectivity index (χ4n) is 8.31. The normalized spacial score (nSPS) is 24.8. The van der Waals surface area contributed by atoms with E-state index in [9.17, 15) is 19.8 Å². The molecule has 2 heterocycles. The number of carboxylic acid groups (broad SMARTS) is 2. The molecule has 0 spiro atoms. The molecule has 2 fully saturated rings. The lowest BCUT2D eigenvalue weighted by atomic mass is 9.52. The Morgan fingerprint density at radius 1 is 0.778 bits per heavy atom. The van der Waals surface area contributed by atoms with E-state index in [1.807, 2.05) is 12.2 Å². The Morgan fingerprint density at radius 3 is 1.36 bits per heavy atom. The lowest BCUT2D eigenvalue weighted by molar-refractivity contribution is -0.331. The Labute approximate surface area is 219 Å². The number of hydrogen-bond acceptors (Lipinski definition) is 6. The van der Waals surface area contributed by atoms with Crippen LogP contribution in [0.4, 0.5) is 0 Å². The zero-order valence-corrected chi connectivity index (χ0v) is 24.1. The van der Waals surface area contributed by atoms with Gasteiger partial charge in [0.2, 0.25) is 0 Å². The summed E-state index contributed by atoms with van der Waals surface area (Å²) >= 11 is 0. The number of carboxylic acids is 2. The van der Waals surface area contributed by atoms with Crippen LogP contribution in [0.1, 0.15) is 100 Å². The average molecular weight is 503 g/mol. The van der Waals surface area contributed by atoms with Crippen LogP contribution in [0.5, 0.6) is 0 Å². The highest BCUT2D eigenvalue weighted by molar-refractivity contribution is 5.74. The highest BCUT2D eigenvalue weighted by Crippen LogP contribution is 2.58. The summed E-state index contributed by atoms with van der Waals surface area (Å²) in [6.07, 6.45) is 7.08. The SMILES string of the molecule is C=CCN1C(C)(C)CC(C(CCCC(=O)[O-])(C(=O)[O-])C2CC(C)(C)N(CC=C)C(C)(C)C2)CC1(C)C. The number of piperidine rings is 2. The minimum absolute atomic E-state index is 0.140. The molecule has 2 saturated heterocycles. The van der Waals surface area contributed by atoms with Gasteiger partial charge in [0.15, 0.2) is 0 Å². The van der Waals surface area contributed by atoms with Gasteiger partial charge in [0.1, 0.15) is 0 Å². The van der Waals surface area contributed by atoms with Crippen LogP contribution < -0.4 is 10.2 Å². The zero-order chi connectivity index (χ0) is 27.7. The molecule has 0 unspecified atom stereocenters. The van der Waals surface area contributed by atoms with E-state index >= 15 is 0 Å². The van der Waals surface area contributed by atoms with Crippen LogP contribution in [-0.4, -0.2) is 57.0 Å². The third-order valence-corrected chi connectivity index (χ3v) is 9.34. The minimum atomic E-state index is -1.13. The van der Waals surface area contributed by atoms with Crippen LogP contribution in [0.15, 0.2) is 25.3 Å². The van der Waals surface area contributed by atoms with Crippen molar-refractivity contribution >= 4 is 11.9 Å². The fraction of sp³-hybridized carbons (Fsp3) is 0.800. The molecule has 6 nitrogen and oxygen atoms in total. The maximum absolute atomic E-state index is 13.4. The topological polar surface area (TPSA) is 86.7 Å². The quantitative estimate of drug-likeness (QED) is 0.402. The maximum Gasteiger partial charge on any atom is 0.0481 e. The number of carbonyl (C=O) groups is 2. The van der Waals surface area contributed by atoms with Crippen LogP contribution in [-0.2, 0) is 9.59 Å². The summed E-state index contributed by atoms with van der Waals surface area (Å²) in [7, 11) is 0. The van der Waals surface area contributed by atoms with E-state index in [2.05, 4.69) is 78.3 Å². The van der Waals surface area contributed by atoms with Crippen molar-refractivity contribution in [3.63, 3.8) is 0 Å². The number of hydrogen-bond donors (Lipinski definition) is 0. The van der Waals surface area contributed by atoms with Gasteiger partial charge in [0.25, 0.3) is 0 Å². The van der Waals surface area contributed by atoms with Gasteiger partial charge in [0.05, 0.1) is 0 Å². The lowest BCUT2D eigenvalue weighted by Gasteiger charge is -2.64. The van der Waals surface area contributed by atoms with Crippen molar-refractivity contribution in [2.75, 3.05) is 13.1 Å². The first kappa shape index (κ1) is 30.6. The molecule has 2 rings (SSSR count). The van der Waals surface area contributed by atoms with Gasteiger partial charge < -0.3 is 19.8 Å². The van der Waals surface area contributed by atoms with E-state index in [0.29, 0.717) is 32.1 Å². The molecule has 0 bridgehead atoms. The molecule has 2 aliphatic rings. The first-order valence-corrected chi connectivity index (χ1v) is 13.6. The van der Waals surface area contributed by atoms with Crippen molar-refractivity contribution in [3.05, 3.63) is 25.3 Å². The third kappa shape index (κ3) is 5.91. The summed E-state index contributed by atoms with van der Waals surface area (Å²) in [5.41, 5.74) is -2.11. The second-order valence-corrected chi connectivity index (χ2v) is 13.8. The Hall–Kier alpha value is -1.66. The number of aliphatic carboxylic acids is 2. The van der Waals surface area contributed by atoms with Gasteiger partial charge >= 0.3 is 0 Å². The molecule has 0 amide bonds. The molecule has 0 atom stereocenters. The zero-order valence-electron chi connectivity index (χ0n) is 24.1. The smallest absolute Gasteiger partial charge is 0.0481 e. The summed E-state index contributed by atoms with van der Waals surface area (Å²) in [4.78, 5) is 29.6. The Balaban J connectivity index is 2.64. The molecule has 0 aromatic carbocycles. The Morgan fingerprint density at radius 2 is 1.11 bits per heavy atom. The molecular weight excluding hydrogens is 452 g/mol. The van der Waals surface area contributed by atoms with E-state index < -0.39 is 17.4 Å². The van der Waals surface area contributed by atoms with Crippen molar-refractivity contribution in [2.45, 2.75) is 122 Å². The monoisotopic (exact) mass is 502 g/mol. The molecule has 0 aromatic heterocycles. The molecule has 0 aromatic rings. The standard InChI is InChI=1S/C30H52N2O4/c1-11-16-31-26(3,4)18-22(19-27(31,5)6)30(25(35)36,15-13-14-24(33)34)23-20-28(7,8)32(17-12-2)29(9,10)21-23/h11-12,22-23H,1-2,13-21H2,3-10H3,(H,33,34)(H,35,36)/p-2. The molecule has 206 valence electrons. The van der Waals surface area contributed by atoms with E-state index in [4.69, 9.17) is 0 Å². The molecule has 0 radical (unpaired) electrons. The molecule has 2 aliphatic heterocycles. The van der Waals surface area contributed by atoms with E-state index in [1.54, 1.807) is 0 Å². The van der Waals surface area contributed by atoms with Gasteiger partial charge in [-0.2, -0.15) is 0 Å². The van der Waals surface area contributed by atoms with Crippen molar-refractivity contribution in [2.24, 2.45) is 17.3 Å². The summed E-state index contributed by atoms with van der Waals surface area (Å²) < 4.78 is 0. The highest BCUT2D eigenvalue weighted by Gasteiger charge is 2.58. The number of nitrogens with zero attached hydrogens (tertiary/aromatic N) is 2. The van der Waals surface area contributed by atoms with Crippen LogP contribution in [0.3, 0.4) is 0 Å². The molecule has 0 N–H and O–H groups in total. The summed E-state index contributed by atoms with van der Waals surface area (Å²) in [5.74, 6) is -2.44. The number of rotatable bonds is 11. The van der Waals surface area contributed by atoms with Crippen LogP contribution in [0, 0.1) is 17.3 Å². The van der Waals surface area contributed by atoms with Gasteiger partial charge in [-0.15, -0.1) is 13.2 Å². The third-order valence-electron chi connectivity index (χ3n) is 9.34. The van der Waals surface area contributed by atoms with Gasteiger partial charge in [0, 0.05) is 52.6 Å².